The largest absolute Gasteiger partial charge is 0.384 e. The zero-order valence-corrected chi connectivity index (χ0v) is 16.8. The number of hydrogen-bond acceptors (Lipinski definition) is 4. The van der Waals surface area contributed by atoms with Gasteiger partial charge in [-0.1, -0.05) is 30.3 Å². The third-order valence-corrected chi connectivity index (χ3v) is 5.96. The number of nitrogens with zero attached hydrogens (tertiary/aromatic N) is 2. The molecule has 0 unspecified atom stereocenters. The van der Waals surface area contributed by atoms with Gasteiger partial charge >= 0.3 is 6.03 Å². The minimum Gasteiger partial charge on any atom is -0.384 e. The maximum atomic E-state index is 12.3. The number of aromatic nitrogens is 1. The molecule has 2 heterocycles. The molecular formula is C23H27N5O2. The third kappa shape index (κ3) is 4.97. The zero-order chi connectivity index (χ0) is 20.9. The number of anilines is 1. The number of rotatable bonds is 7. The first-order valence-corrected chi connectivity index (χ1v) is 10.3. The van der Waals surface area contributed by atoms with E-state index >= 15 is 0 Å². The Hall–Kier alpha value is -3.35. The molecule has 2 aromatic rings. The molecule has 4 N–H and O–H groups in total. The van der Waals surface area contributed by atoms with Crippen molar-refractivity contribution in [3.8, 4) is 0 Å². The van der Waals surface area contributed by atoms with Crippen LogP contribution >= 0.6 is 0 Å². The summed E-state index contributed by atoms with van der Waals surface area (Å²) in [5.74, 6) is 2.09. The van der Waals surface area contributed by atoms with Crippen molar-refractivity contribution < 1.29 is 9.59 Å². The van der Waals surface area contributed by atoms with Crippen LogP contribution in [0.15, 0.2) is 54.7 Å². The van der Waals surface area contributed by atoms with Crippen molar-refractivity contribution in [2.75, 3.05) is 25.4 Å². The topological polar surface area (TPSA) is 100 Å². The second-order valence-corrected chi connectivity index (χ2v) is 7.97. The van der Waals surface area contributed by atoms with Crippen molar-refractivity contribution in [3.63, 3.8) is 0 Å². The van der Waals surface area contributed by atoms with Crippen LogP contribution in [0, 0.1) is 17.8 Å². The molecule has 7 heteroatoms. The predicted octanol–water partition coefficient (Wildman–Crippen LogP) is 2.27. The molecule has 0 spiro atoms. The van der Waals surface area contributed by atoms with Gasteiger partial charge in [0, 0.05) is 38.5 Å². The lowest BCUT2D eigenvalue weighted by molar-refractivity contribution is -0.116. The van der Waals surface area contributed by atoms with E-state index in [0.717, 1.165) is 30.6 Å². The highest BCUT2D eigenvalue weighted by molar-refractivity contribution is 5.91. The van der Waals surface area contributed by atoms with E-state index in [2.05, 4.69) is 15.6 Å². The molecule has 2 aliphatic rings. The standard InChI is InChI=1S/C23H27N5O2/c24-21-8-6-17(12-26-21)7-9-22(29)25-11-10-18-19-14-28(15-20(18)19)23(30)27-13-16-4-2-1-3-5-16/h1-9,12,18-20H,10-11,13-15H2,(H2,24,26)(H,25,29)(H,27,30)/b9-7+/t18-,19-,20+. The Balaban J connectivity index is 1.12. The van der Waals surface area contributed by atoms with Crippen LogP contribution in [-0.4, -0.2) is 41.5 Å². The Morgan fingerprint density at radius 1 is 1.10 bits per heavy atom. The molecule has 1 saturated carbocycles. The number of fused-ring (bicyclic) bond motifs is 1. The fourth-order valence-corrected chi connectivity index (χ4v) is 4.24. The van der Waals surface area contributed by atoms with Gasteiger partial charge in [-0.3, -0.25) is 4.79 Å². The summed E-state index contributed by atoms with van der Waals surface area (Å²) in [6, 6.07) is 13.5. The molecule has 1 aliphatic carbocycles. The van der Waals surface area contributed by atoms with E-state index in [0.29, 0.717) is 36.7 Å². The molecule has 0 bridgehead atoms. The van der Waals surface area contributed by atoms with E-state index < -0.39 is 0 Å². The van der Waals surface area contributed by atoms with E-state index in [9.17, 15) is 9.59 Å². The normalized spacial score (nSPS) is 22.0. The Morgan fingerprint density at radius 2 is 1.87 bits per heavy atom. The lowest BCUT2D eigenvalue weighted by Gasteiger charge is -2.20. The summed E-state index contributed by atoms with van der Waals surface area (Å²) in [6.45, 7) is 2.84. The van der Waals surface area contributed by atoms with Gasteiger partial charge in [0.15, 0.2) is 0 Å². The minimum atomic E-state index is -0.112. The maximum absolute atomic E-state index is 12.3. The van der Waals surface area contributed by atoms with Gasteiger partial charge in [-0.05, 0) is 53.5 Å². The molecule has 2 fully saturated rings. The summed E-state index contributed by atoms with van der Waals surface area (Å²) in [5.41, 5.74) is 7.48. The van der Waals surface area contributed by atoms with Crippen LogP contribution in [0.1, 0.15) is 17.5 Å². The van der Waals surface area contributed by atoms with Crippen molar-refractivity contribution in [3.05, 3.63) is 65.9 Å². The van der Waals surface area contributed by atoms with Gasteiger partial charge in [-0.25, -0.2) is 9.78 Å². The molecule has 7 nitrogen and oxygen atoms in total. The smallest absolute Gasteiger partial charge is 0.317 e. The van der Waals surface area contributed by atoms with Crippen molar-refractivity contribution in [1.29, 1.82) is 0 Å². The number of piperidine rings is 1. The van der Waals surface area contributed by atoms with Crippen LogP contribution in [0.5, 0.6) is 0 Å². The van der Waals surface area contributed by atoms with E-state index in [1.165, 1.54) is 6.08 Å². The maximum Gasteiger partial charge on any atom is 0.317 e. The number of amides is 3. The van der Waals surface area contributed by atoms with Crippen molar-refractivity contribution >= 4 is 23.8 Å². The first-order valence-electron chi connectivity index (χ1n) is 10.3. The SMILES string of the molecule is Nc1ccc(/C=C/C(=O)NCC[C@@H]2[C@H]3CN(C(=O)NCc4ccccc4)C[C@@H]23)cn1. The average Bonchev–Trinajstić information content (AvgIpc) is 3.20. The van der Waals surface area contributed by atoms with Crippen molar-refractivity contribution in [2.45, 2.75) is 13.0 Å². The summed E-state index contributed by atoms with van der Waals surface area (Å²) in [4.78, 5) is 30.2. The quantitative estimate of drug-likeness (QED) is 0.615. The van der Waals surface area contributed by atoms with Gasteiger partial charge in [-0.15, -0.1) is 0 Å². The molecule has 4 rings (SSSR count). The first kappa shape index (κ1) is 19.9. The minimum absolute atomic E-state index is 0.0143. The van der Waals surface area contributed by atoms with Gasteiger partial charge in [0.1, 0.15) is 5.82 Å². The number of pyridine rings is 1. The van der Waals surface area contributed by atoms with Gasteiger partial charge in [-0.2, -0.15) is 0 Å². The zero-order valence-electron chi connectivity index (χ0n) is 16.8. The number of urea groups is 1. The molecule has 0 radical (unpaired) electrons. The number of nitrogen functional groups attached to an aromatic ring is 1. The Kier molecular flexibility index (Phi) is 5.97. The lowest BCUT2D eigenvalue weighted by Crippen LogP contribution is -2.39. The molecule has 156 valence electrons. The number of likely N-dealkylation sites (tertiary alicyclic amines) is 1. The summed E-state index contributed by atoms with van der Waals surface area (Å²) in [5, 5.41) is 5.93. The lowest BCUT2D eigenvalue weighted by atomic mass is 10.2. The molecular weight excluding hydrogens is 378 g/mol. The number of nitrogens with one attached hydrogen (secondary N) is 2. The van der Waals surface area contributed by atoms with Crippen LogP contribution in [0.2, 0.25) is 0 Å². The first-order chi connectivity index (χ1) is 14.6. The van der Waals surface area contributed by atoms with Crippen molar-refractivity contribution in [1.82, 2.24) is 20.5 Å². The third-order valence-electron chi connectivity index (χ3n) is 5.96. The molecule has 1 aromatic heterocycles. The van der Waals surface area contributed by atoms with Crippen LogP contribution < -0.4 is 16.4 Å². The van der Waals surface area contributed by atoms with E-state index in [1.807, 2.05) is 41.3 Å². The highest BCUT2D eigenvalue weighted by Crippen LogP contribution is 2.53. The molecule has 1 aliphatic heterocycles. The van der Waals surface area contributed by atoms with Gasteiger partial charge < -0.3 is 21.3 Å². The number of carbonyl (C=O) groups excluding carboxylic acids is 2. The van der Waals surface area contributed by atoms with E-state index in [-0.39, 0.29) is 11.9 Å². The Bertz CT molecular complexity index is 901. The van der Waals surface area contributed by atoms with Gasteiger partial charge in [0.2, 0.25) is 5.91 Å². The summed E-state index contributed by atoms with van der Waals surface area (Å²) in [6.07, 6.45) is 5.82. The van der Waals surface area contributed by atoms with E-state index in [1.54, 1.807) is 18.3 Å². The fourth-order valence-electron chi connectivity index (χ4n) is 4.24. The molecule has 3 atom stereocenters. The van der Waals surface area contributed by atoms with Gasteiger partial charge in [0.25, 0.3) is 0 Å². The van der Waals surface area contributed by atoms with Crippen LogP contribution in [0.4, 0.5) is 10.6 Å². The van der Waals surface area contributed by atoms with Gasteiger partial charge in [0.05, 0.1) is 0 Å². The highest BCUT2D eigenvalue weighted by atomic mass is 16.2. The molecule has 3 amide bonds. The number of carbonyl (C=O) groups is 2. The Labute approximate surface area is 176 Å². The summed E-state index contributed by atoms with van der Waals surface area (Å²) < 4.78 is 0. The molecule has 30 heavy (non-hydrogen) atoms. The number of hydrogen-bond donors (Lipinski definition) is 3. The van der Waals surface area contributed by atoms with Crippen LogP contribution in [-0.2, 0) is 11.3 Å². The molecule has 1 saturated heterocycles. The number of benzene rings is 1. The second-order valence-electron chi connectivity index (χ2n) is 7.97. The Morgan fingerprint density at radius 3 is 2.57 bits per heavy atom. The van der Waals surface area contributed by atoms with Crippen LogP contribution in [0.3, 0.4) is 0 Å². The fraction of sp³-hybridized carbons (Fsp3) is 0.348. The molecule has 1 aromatic carbocycles. The van der Waals surface area contributed by atoms with Crippen molar-refractivity contribution in [2.24, 2.45) is 17.8 Å². The average molecular weight is 406 g/mol. The highest BCUT2D eigenvalue weighted by Gasteiger charge is 2.55. The summed E-state index contributed by atoms with van der Waals surface area (Å²) >= 11 is 0. The monoisotopic (exact) mass is 405 g/mol. The summed E-state index contributed by atoms with van der Waals surface area (Å²) in [7, 11) is 0. The second kappa shape index (κ2) is 8.98. The number of nitrogens with two attached hydrogens (primary N) is 1. The van der Waals surface area contributed by atoms with E-state index in [4.69, 9.17) is 5.73 Å². The van der Waals surface area contributed by atoms with Crippen LogP contribution in [0.25, 0.3) is 6.08 Å². The predicted molar refractivity (Wildman–Crippen MR) is 116 cm³/mol.